The number of nitrogens with zero attached hydrogens (tertiary/aromatic N) is 5. The fraction of sp³-hybridized carbons (Fsp3) is 0.643. The maximum absolute atomic E-state index is 5.27. The standard InChI is InChI=1S/C14H21N5O/c1-11(2)14-16-13(17-20-14)10-18-7-3-5-12(18)9-19-8-4-6-15-19/h4,6,8,11-12H,3,5,7,9-10H2,1-2H3. The largest absolute Gasteiger partial charge is 0.339 e. The predicted molar refractivity (Wildman–Crippen MR) is 74.0 cm³/mol. The van der Waals surface area contributed by atoms with Gasteiger partial charge >= 0.3 is 0 Å². The van der Waals surface area contributed by atoms with Gasteiger partial charge in [0.2, 0.25) is 5.89 Å². The summed E-state index contributed by atoms with van der Waals surface area (Å²) < 4.78 is 7.27. The average Bonchev–Trinajstić information content (AvgIpc) is 3.13. The zero-order chi connectivity index (χ0) is 13.9. The first-order valence-electron chi connectivity index (χ1n) is 7.26. The molecule has 3 heterocycles. The van der Waals surface area contributed by atoms with E-state index in [9.17, 15) is 0 Å². The van der Waals surface area contributed by atoms with Crippen LogP contribution in [0.3, 0.4) is 0 Å². The summed E-state index contributed by atoms with van der Waals surface area (Å²) in [6.07, 6.45) is 6.27. The first-order chi connectivity index (χ1) is 9.72. The second-order valence-corrected chi connectivity index (χ2v) is 5.70. The zero-order valence-electron chi connectivity index (χ0n) is 12.1. The van der Waals surface area contributed by atoms with Crippen molar-refractivity contribution in [1.29, 1.82) is 0 Å². The van der Waals surface area contributed by atoms with E-state index < -0.39 is 0 Å². The third-order valence-electron chi connectivity index (χ3n) is 3.78. The molecule has 6 heteroatoms. The molecule has 0 bridgehead atoms. The normalized spacial score (nSPS) is 20.1. The number of aromatic nitrogens is 4. The molecule has 0 N–H and O–H groups in total. The molecule has 6 nitrogen and oxygen atoms in total. The molecule has 0 aliphatic carbocycles. The van der Waals surface area contributed by atoms with Crippen molar-refractivity contribution in [2.24, 2.45) is 0 Å². The van der Waals surface area contributed by atoms with Gasteiger partial charge in [-0.25, -0.2) is 0 Å². The van der Waals surface area contributed by atoms with Crippen LogP contribution in [0, 0.1) is 0 Å². The highest BCUT2D eigenvalue weighted by molar-refractivity contribution is 4.93. The highest BCUT2D eigenvalue weighted by Gasteiger charge is 2.26. The summed E-state index contributed by atoms with van der Waals surface area (Å²) in [5.74, 6) is 1.80. The lowest BCUT2D eigenvalue weighted by Crippen LogP contribution is -2.33. The van der Waals surface area contributed by atoms with Crippen LogP contribution in [-0.4, -0.2) is 37.4 Å². The minimum Gasteiger partial charge on any atom is -0.339 e. The number of hydrogen-bond donors (Lipinski definition) is 0. The lowest BCUT2D eigenvalue weighted by Gasteiger charge is -2.22. The van der Waals surface area contributed by atoms with Crippen molar-refractivity contribution < 1.29 is 4.52 Å². The summed E-state index contributed by atoms with van der Waals surface area (Å²) in [5.41, 5.74) is 0. The number of hydrogen-bond acceptors (Lipinski definition) is 5. The van der Waals surface area contributed by atoms with Crippen molar-refractivity contribution in [2.45, 2.75) is 51.7 Å². The predicted octanol–water partition coefficient (Wildman–Crippen LogP) is 2.05. The van der Waals surface area contributed by atoms with E-state index in [1.54, 1.807) is 0 Å². The zero-order valence-corrected chi connectivity index (χ0v) is 12.1. The molecule has 0 spiro atoms. The maximum atomic E-state index is 5.27. The maximum Gasteiger partial charge on any atom is 0.229 e. The molecule has 1 fully saturated rings. The molecule has 2 aromatic rings. The van der Waals surface area contributed by atoms with Gasteiger partial charge in [-0.1, -0.05) is 19.0 Å². The second-order valence-electron chi connectivity index (χ2n) is 5.70. The lowest BCUT2D eigenvalue weighted by atomic mass is 10.2. The Kier molecular flexibility index (Phi) is 3.82. The molecule has 0 radical (unpaired) electrons. The van der Waals surface area contributed by atoms with Gasteiger partial charge in [0.25, 0.3) is 0 Å². The fourth-order valence-corrected chi connectivity index (χ4v) is 2.68. The highest BCUT2D eigenvalue weighted by Crippen LogP contribution is 2.21. The minimum atomic E-state index is 0.287. The molecule has 0 aromatic carbocycles. The van der Waals surface area contributed by atoms with Crippen LogP contribution in [0.15, 0.2) is 23.0 Å². The molecule has 2 aromatic heterocycles. The van der Waals surface area contributed by atoms with Gasteiger partial charge in [0.1, 0.15) is 0 Å². The molecule has 1 atom stereocenters. The Hall–Kier alpha value is -1.69. The molecule has 3 rings (SSSR count). The van der Waals surface area contributed by atoms with E-state index in [-0.39, 0.29) is 5.92 Å². The van der Waals surface area contributed by atoms with E-state index >= 15 is 0 Å². The van der Waals surface area contributed by atoms with Gasteiger partial charge in [-0.3, -0.25) is 9.58 Å². The van der Waals surface area contributed by atoms with Gasteiger partial charge in [0.05, 0.1) is 13.1 Å². The van der Waals surface area contributed by atoms with Crippen molar-refractivity contribution >= 4 is 0 Å². The summed E-state index contributed by atoms with van der Waals surface area (Å²) >= 11 is 0. The summed E-state index contributed by atoms with van der Waals surface area (Å²) in [7, 11) is 0. The van der Waals surface area contributed by atoms with Crippen LogP contribution in [0.5, 0.6) is 0 Å². The molecule has 1 saturated heterocycles. The monoisotopic (exact) mass is 275 g/mol. The van der Waals surface area contributed by atoms with Crippen LogP contribution in [-0.2, 0) is 13.1 Å². The molecular weight excluding hydrogens is 254 g/mol. The highest BCUT2D eigenvalue weighted by atomic mass is 16.5. The molecule has 20 heavy (non-hydrogen) atoms. The van der Waals surface area contributed by atoms with Crippen molar-refractivity contribution in [3.05, 3.63) is 30.2 Å². The van der Waals surface area contributed by atoms with Crippen LogP contribution in [0.25, 0.3) is 0 Å². The Morgan fingerprint density at radius 3 is 3.05 bits per heavy atom. The molecular formula is C14H21N5O. The molecule has 0 amide bonds. The SMILES string of the molecule is CC(C)c1nc(CN2CCCC2Cn2cccn2)no1. The average molecular weight is 275 g/mol. The number of likely N-dealkylation sites (tertiary alicyclic amines) is 1. The van der Waals surface area contributed by atoms with Crippen LogP contribution in [0.1, 0.15) is 44.3 Å². The van der Waals surface area contributed by atoms with Gasteiger partial charge in [0, 0.05) is 24.4 Å². The van der Waals surface area contributed by atoms with Gasteiger partial charge in [-0.2, -0.15) is 10.1 Å². The Morgan fingerprint density at radius 1 is 1.45 bits per heavy atom. The third kappa shape index (κ3) is 2.90. The molecule has 1 aliphatic heterocycles. The first kappa shape index (κ1) is 13.3. The van der Waals surface area contributed by atoms with Gasteiger partial charge in [-0.15, -0.1) is 0 Å². The Morgan fingerprint density at radius 2 is 2.35 bits per heavy atom. The van der Waals surface area contributed by atoms with Gasteiger partial charge in [0.15, 0.2) is 5.82 Å². The lowest BCUT2D eigenvalue weighted by molar-refractivity contribution is 0.211. The third-order valence-corrected chi connectivity index (χ3v) is 3.78. The Balaban J connectivity index is 1.63. The van der Waals surface area contributed by atoms with Crippen molar-refractivity contribution in [3.63, 3.8) is 0 Å². The molecule has 108 valence electrons. The quantitative estimate of drug-likeness (QED) is 0.836. The summed E-state index contributed by atoms with van der Waals surface area (Å²) in [5, 5.41) is 8.37. The van der Waals surface area contributed by atoms with E-state index in [0.29, 0.717) is 6.04 Å². The Labute approximate surface area is 118 Å². The molecule has 1 aliphatic rings. The summed E-state index contributed by atoms with van der Waals surface area (Å²) in [4.78, 5) is 6.89. The summed E-state index contributed by atoms with van der Waals surface area (Å²) in [6.45, 7) is 6.92. The van der Waals surface area contributed by atoms with Crippen molar-refractivity contribution in [3.8, 4) is 0 Å². The Bertz CT molecular complexity index is 534. The van der Waals surface area contributed by atoms with Gasteiger partial charge in [-0.05, 0) is 25.5 Å². The van der Waals surface area contributed by atoms with E-state index in [4.69, 9.17) is 4.52 Å². The van der Waals surface area contributed by atoms with Crippen LogP contribution < -0.4 is 0 Å². The second kappa shape index (κ2) is 5.75. The van der Waals surface area contributed by atoms with Crippen molar-refractivity contribution in [2.75, 3.05) is 6.54 Å². The van der Waals surface area contributed by atoms with Gasteiger partial charge < -0.3 is 4.52 Å². The van der Waals surface area contributed by atoms with E-state index in [1.165, 1.54) is 12.8 Å². The molecule has 1 unspecified atom stereocenters. The van der Waals surface area contributed by atoms with E-state index in [2.05, 4.69) is 34.0 Å². The summed E-state index contributed by atoms with van der Waals surface area (Å²) in [6, 6.07) is 2.48. The molecule has 0 saturated carbocycles. The fourth-order valence-electron chi connectivity index (χ4n) is 2.68. The van der Waals surface area contributed by atoms with Crippen LogP contribution in [0.4, 0.5) is 0 Å². The van der Waals surface area contributed by atoms with E-state index in [1.807, 2.05) is 23.1 Å². The number of rotatable bonds is 5. The topological polar surface area (TPSA) is 60.0 Å². The minimum absolute atomic E-state index is 0.287. The smallest absolute Gasteiger partial charge is 0.229 e. The van der Waals surface area contributed by atoms with Crippen LogP contribution >= 0.6 is 0 Å². The first-order valence-corrected chi connectivity index (χ1v) is 7.26. The van der Waals surface area contributed by atoms with Crippen LogP contribution in [0.2, 0.25) is 0 Å². The van der Waals surface area contributed by atoms with Crippen molar-refractivity contribution in [1.82, 2.24) is 24.8 Å². The van der Waals surface area contributed by atoms with E-state index in [0.717, 1.165) is 31.3 Å².